The molecule has 4 rings (SSSR count). The number of halogens is 1. The van der Waals surface area contributed by atoms with Gasteiger partial charge in [-0.05, 0) is 83.1 Å². The predicted octanol–water partition coefficient (Wildman–Crippen LogP) is 5.01. The van der Waals surface area contributed by atoms with Crippen molar-refractivity contribution in [3.63, 3.8) is 0 Å². The number of rotatable bonds is 11. The van der Waals surface area contributed by atoms with Crippen molar-refractivity contribution in [1.29, 1.82) is 0 Å². The number of hydrogen-bond donors (Lipinski definition) is 3. The lowest BCUT2D eigenvalue weighted by Crippen LogP contribution is -2.41. The molecule has 1 aliphatic rings. The Hall–Kier alpha value is -3.74. The first-order valence-corrected chi connectivity index (χ1v) is 15.7. The fourth-order valence-corrected chi connectivity index (χ4v) is 5.81. The highest BCUT2D eigenvalue weighted by molar-refractivity contribution is 7.92. The number of para-hydroxylation sites is 1. The predicted molar refractivity (Wildman–Crippen MR) is 163 cm³/mol. The normalized spacial score (nSPS) is 14.4. The molecule has 2 heterocycles. The van der Waals surface area contributed by atoms with Gasteiger partial charge in [0.2, 0.25) is 11.9 Å². The molecule has 42 heavy (non-hydrogen) atoms. The van der Waals surface area contributed by atoms with E-state index in [9.17, 15) is 18.0 Å². The molecule has 3 N–H and O–H groups in total. The van der Waals surface area contributed by atoms with Crippen molar-refractivity contribution >= 4 is 62.1 Å². The van der Waals surface area contributed by atoms with E-state index in [1.807, 2.05) is 4.90 Å². The standard InChI is InChI=1S/C29H35ClN6O5S/c1-4-41-28(38)20-13-15-36(16-14-20)18-26(37)32-21-9-11-22(12-10-21)33-29-31-17-23(30)27(35-29)34-24-7-5-6-8-25(24)42(39,40)19(2)3/h5-12,17,19-20H,4,13-16,18H2,1-3H3,(H,32,37)(H2,31,33,34,35). The van der Waals surface area contributed by atoms with Gasteiger partial charge < -0.3 is 20.7 Å². The molecule has 224 valence electrons. The number of anilines is 5. The van der Waals surface area contributed by atoms with Gasteiger partial charge in [-0.25, -0.2) is 13.4 Å². The fraction of sp³-hybridized carbons (Fsp3) is 0.379. The van der Waals surface area contributed by atoms with Gasteiger partial charge in [-0.2, -0.15) is 4.98 Å². The summed E-state index contributed by atoms with van der Waals surface area (Å²) in [6.07, 6.45) is 2.78. The zero-order valence-corrected chi connectivity index (χ0v) is 25.3. The molecule has 0 atom stereocenters. The molecular formula is C29H35ClN6O5S. The summed E-state index contributed by atoms with van der Waals surface area (Å²) < 4.78 is 30.7. The van der Waals surface area contributed by atoms with Crippen molar-refractivity contribution in [2.24, 2.45) is 5.92 Å². The minimum Gasteiger partial charge on any atom is -0.466 e. The monoisotopic (exact) mass is 614 g/mol. The molecule has 0 radical (unpaired) electrons. The number of amides is 1. The molecule has 1 amide bonds. The minimum absolute atomic E-state index is 0.0994. The zero-order valence-electron chi connectivity index (χ0n) is 23.8. The van der Waals surface area contributed by atoms with Crippen LogP contribution in [0.2, 0.25) is 5.02 Å². The van der Waals surface area contributed by atoms with E-state index in [2.05, 4.69) is 25.9 Å². The van der Waals surface area contributed by atoms with E-state index in [4.69, 9.17) is 16.3 Å². The lowest BCUT2D eigenvalue weighted by molar-refractivity contribution is -0.149. The Morgan fingerprint density at radius 2 is 1.71 bits per heavy atom. The van der Waals surface area contributed by atoms with Crippen LogP contribution in [-0.4, -0.2) is 66.7 Å². The maximum Gasteiger partial charge on any atom is 0.309 e. The van der Waals surface area contributed by atoms with Crippen molar-refractivity contribution < 1.29 is 22.7 Å². The number of nitrogens with one attached hydrogen (secondary N) is 3. The number of piperidine rings is 1. The first-order chi connectivity index (χ1) is 20.1. The highest BCUT2D eigenvalue weighted by atomic mass is 35.5. The average Bonchev–Trinajstić information content (AvgIpc) is 2.96. The summed E-state index contributed by atoms with van der Waals surface area (Å²) >= 11 is 6.32. The number of benzene rings is 2. The van der Waals surface area contributed by atoms with E-state index in [-0.39, 0.29) is 46.0 Å². The quantitative estimate of drug-likeness (QED) is 0.252. The van der Waals surface area contributed by atoms with Crippen molar-refractivity contribution in [3.05, 3.63) is 59.8 Å². The summed E-state index contributed by atoms with van der Waals surface area (Å²) in [4.78, 5) is 35.3. The molecule has 13 heteroatoms. The van der Waals surface area contributed by atoms with Crippen LogP contribution >= 0.6 is 11.6 Å². The van der Waals surface area contributed by atoms with Crippen LogP contribution in [0.15, 0.2) is 59.6 Å². The molecule has 0 bridgehead atoms. The molecule has 2 aromatic carbocycles. The van der Waals surface area contributed by atoms with E-state index in [1.165, 1.54) is 6.20 Å². The summed E-state index contributed by atoms with van der Waals surface area (Å²) in [6.45, 7) is 7.00. The third kappa shape index (κ3) is 7.96. The number of carbonyl (C=O) groups is 2. The Bertz CT molecular complexity index is 1510. The molecule has 1 aromatic heterocycles. The van der Waals surface area contributed by atoms with Gasteiger partial charge >= 0.3 is 5.97 Å². The molecule has 0 aliphatic carbocycles. The Balaban J connectivity index is 1.34. The maximum absolute atomic E-state index is 12.8. The van der Waals surface area contributed by atoms with Crippen molar-refractivity contribution in [2.45, 2.75) is 43.8 Å². The van der Waals surface area contributed by atoms with Gasteiger partial charge in [0.05, 0.1) is 41.1 Å². The van der Waals surface area contributed by atoms with E-state index < -0.39 is 15.1 Å². The Morgan fingerprint density at radius 3 is 2.38 bits per heavy atom. The van der Waals surface area contributed by atoms with Crippen molar-refractivity contribution in [1.82, 2.24) is 14.9 Å². The highest BCUT2D eigenvalue weighted by Crippen LogP contribution is 2.30. The first-order valence-electron chi connectivity index (χ1n) is 13.7. The summed E-state index contributed by atoms with van der Waals surface area (Å²) in [5.74, 6) is 0.0958. The van der Waals surface area contributed by atoms with Crippen LogP contribution in [0, 0.1) is 5.92 Å². The number of carbonyl (C=O) groups excluding carboxylic acids is 2. The van der Waals surface area contributed by atoms with E-state index in [1.54, 1.807) is 69.3 Å². The second-order valence-electron chi connectivity index (χ2n) is 10.2. The minimum atomic E-state index is -3.54. The Labute approximate surface area is 250 Å². The van der Waals surface area contributed by atoms with Gasteiger partial charge in [-0.15, -0.1) is 0 Å². The molecular weight excluding hydrogens is 580 g/mol. The third-order valence-corrected chi connectivity index (χ3v) is 9.30. The molecule has 1 aliphatic heterocycles. The number of aromatic nitrogens is 2. The number of nitrogens with zero attached hydrogens (tertiary/aromatic N) is 3. The maximum atomic E-state index is 12.8. The topological polar surface area (TPSA) is 143 Å². The van der Waals surface area contributed by atoms with Gasteiger partial charge in [-0.3, -0.25) is 14.5 Å². The molecule has 0 unspecified atom stereocenters. The largest absolute Gasteiger partial charge is 0.466 e. The van der Waals surface area contributed by atoms with Crippen LogP contribution < -0.4 is 16.0 Å². The Kier molecular flexibility index (Phi) is 10.4. The number of hydrogen-bond acceptors (Lipinski definition) is 10. The van der Waals surface area contributed by atoms with Crippen molar-refractivity contribution in [3.8, 4) is 0 Å². The van der Waals surface area contributed by atoms with Crippen LogP contribution in [0.5, 0.6) is 0 Å². The summed E-state index contributed by atoms with van der Waals surface area (Å²) in [6, 6.07) is 13.7. The Morgan fingerprint density at radius 1 is 1.05 bits per heavy atom. The molecule has 0 saturated carbocycles. The van der Waals surface area contributed by atoms with Crippen LogP contribution in [0.25, 0.3) is 0 Å². The SMILES string of the molecule is CCOC(=O)C1CCN(CC(=O)Nc2ccc(Nc3ncc(Cl)c(Nc4ccccc4S(=O)(=O)C(C)C)n3)cc2)CC1. The molecule has 11 nitrogen and oxygen atoms in total. The number of ether oxygens (including phenoxy) is 1. The highest BCUT2D eigenvalue weighted by Gasteiger charge is 2.27. The zero-order chi connectivity index (χ0) is 30.3. The van der Waals surface area contributed by atoms with Gasteiger partial charge in [0.25, 0.3) is 0 Å². The average molecular weight is 615 g/mol. The van der Waals surface area contributed by atoms with Gasteiger partial charge in [0.1, 0.15) is 5.02 Å². The third-order valence-electron chi connectivity index (χ3n) is 6.81. The molecule has 1 saturated heterocycles. The van der Waals surface area contributed by atoms with E-state index in [0.29, 0.717) is 49.6 Å². The second-order valence-corrected chi connectivity index (χ2v) is 13.0. The van der Waals surface area contributed by atoms with Crippen LogP contribution in [-0.2, 0) is 24.2 Å². The van der Waals surface area contributed by atoms with E-state index >= 15 is 0 Å². The molecule has 3 aromatic rings. The smallest absolute Gasteiger partial charge is 0.309 e. The fourth-order valence-electron chi connectivity index (χ4n) is 4.47. The van der Waals surface area contributed by atoms with E-state index in [0.717, 1.165) is 0 Å². The summed E-state index contributed by atoms with van der Waals surface area (Å²) in [5, 5.41) is 8.64. The first kappa shape index (κ1) is 31.2. The summed E-state index contributed by atoms with van der Waals surface area (Å²) in [5.41, 5.74) is 1.67. The second kappa shape index (κ2) is 14.0. The molecule has 0 spiro atoms. The van der Waals surface area contributed by atoms with Gasteiger partial charge in [0.15, 0.2) is 15.7 Å². The number of sulfone groups is 1. The van der Waals surface area contributed by atoms with Crippen molar-refractivity contribution in [2.75, 3.05) is 42.2 Å². The lowest BCUT2D eigenvalue weighted by atomic mass is 9.97. The van der Waals surface area contributed by atoms with Crippen LogP contribution in [0.1, 0.15) is 33.6 Å². The van der Waals surface area contributed by atoms with Crippen LogP contribution in [0.4, 0.5) is 28.8 Å². The molecule has 1 fully saturated rings. The van der Waals surface area contributed by atoms with Gasteiger partial charge in [0, 0.05) is 11.4 Å². The summed E-state index contributed by atoms with van der Waals surface area (Å²) in [7, 11) is -3.54. The number of esters is 1. The van der Waals surface area contributed by atoms with Gasteiger partial charge in [-0.1, -0.05) is 23.7 Å². The van der Waals surface area contributed by atoms with Crippen LogP contribution in [0.3, 0.4) is 0 Å². The number of likely N-dealkylation sites (tertiary alicyclic amines) is 1. The lowest BCUT2D eigenvalue weighted by Gasteiger charge is -2.30.